The van der Waals surface area contributed by atoms with Gasteiger partial charge in [0.2, 0.25) is 0 Å². The summed E-state index contributed by atoms with van der Waals surface area (Å²) in [7, 11) is 3.27. The molecule has 0 amide bonds. The molecule has 0 bridgehead atoms. The van der Waals surface area contributed by atoms with Crippen LogP contribution in [0.3, 0.4) is 0 Å². The Hall–Kier alpha value is -3.55. The lowest BCUT2D eigenvalue weighted by molar-refractivity contribution is -0.137. The van der Waals surface area contributed by atoms with Crippen LogP contribution in [0.25, 0.3) is 10.9 Å². The van der Waals surface area contributed by atoms with Gasteiger partial charge in [0.05, 0.1) is 26.3 Å². The van der Waals surface area contributed by atoms with Crippen molar-refractivity contribution in [3.63, 3.8) is 0 Å². The summed E-state index contributed by atoms with van der Waals surface area (Å²) in [6.45, 7) is 1.25. The van der Waals surface area contributed by atoms with Crippen LogP contribution in [0.4, 0.5) is 5.82 Å². The van der Waals surface area contributed by atoms with Crippen molar-refractivity contribution in [3.05, 3.63) is 48.3 Å². The number of aromatic nitrogens is 2. The summed E-state index contributed by atoms with van der Waals surface area (Å²) in [4.78, 5) is 19.4. The van der Waals surface area contributed by atoms with E-state index in [0.29, 0.717) is 24.5 Å². The molecule has 33 heavy (non-hydrogen) atoms. The molecule has 0 radical (unpaired) electrons. The normalized spacial score (nSPS) is 10.7. The number of benzene rings is 2. The summed E-state index contributed by atoms with van der Waals surface area (Å²) in [6.07, 6.45) is 5.93. The second-order valence-electron chi connectivity index (χ2n) is 7.67. The number of carboxylic acids is 1. The average Bonchev–Trinajstić information content (AvgIpc) is 2.83. The van der Waals surface area contributed by atoms with Crippen LogP contribution in [0.5, 0.6) is 17.2 Å². The standard InChI is InChI=1S/C25H31N3O5/c1-31-19-10-8-18(9-11-19)12-13-26-25-20-15-23(22(32-2)16-21(20)27-17-28-25)33-14-6-4-3-5-7-24(29)30/h8-11,15-17H,3-7,12-14H2,1-2H3,(H,29,30)(H,26,27,28). The molecule has 3 rings (SSSR count). The molecule has 1 heterocycles. The number of nitrogens with one attached hydrogen (secondary N) is 1. The van der Waals surface area contributed by atoms with E-state index in [2.05, 4.69) is 27.4 Å². The molecule has 0 aliphatic carbocycles. The molecule has 8 heteroatoms. The molecule has 8 nitrogen and oxygen atoms in total. The van der Waals surface area contributed by atoms with E-state index in [1.54, 1.807) is 14.2 Å². The van der Waals surface area contributed by atoms with Gasteiger partial charge in [0.15, 0.2) is 11.5 Å². The topological polar surface area (TPSA) is 103 Å². The zero-order valence-corrected chi connectivity index (χ0v) is 19.2. The quantitative estimate of drug-likeness (QED) is 0.338. The van der Waals surface area contributed by atoms with E-state index in [4.69, 9.17) is 19.3 Å². The van der Waals surface area contributed by atoms with Gasteiger partial charge in [-0.1, -0.05) is 25.0 Å². The van der Waals surface area contributed by atoms with E-state index >= 15 is 0 Å². The Morgan fingerprint density at radius 2 is 1.76 bits per heavy atom. The summed E-state index contributed by atoms with van der Waals surface area (Å²) in [5.41, 5.74) is 1.98. The SMILES string of the molecule is COc1ccc(CCNc2ncnc3cc(OC)c(OCCCCCCC(=O)O)cc23)cc1. The number of ether oxygens (including phenoxy) is 3. The second kappa shape index (κ2) is 12.5. The molecule has 0 unspecified atom stereocenters. The maximum Gasteiger partial charge on any atom is 0.303 e. The molecule has 2 N–H and O–H groups in total. The summed E-state index contributed by atoms with van der Waals surface area (Å²) in [6, 6.07) is 11.8. The van der Waals surface area contributed by atoms with Gasteiger partial charge in [-0.3, -0.25) is 4.79 Å². The molecule has 0 atom stereocenters. The number of carbonyl (C=O) groups is 1. The third-order valence-corrected chi connectivity index (χ3v) is 5.33. The van der Waals surface area contributed by atoms with Gasteiger partial charge < -0.3 is 24.6 Å². The molecule has 0 saturated heterocycles. The molecule has 176 valence electrons. The number of aliphatic carboxylic acids is 1. The molecular weight excluding hydrogens is 422 g/mol. The smallest absolute Gasteiger partial charge is 0.303 e. The lowest BCUT2D eigenvalue weighted by atomic mass is 10.1. The minimum atomic E-state index is -0.747. The number of unbranched alkanes of at least 4 members (excludes halogenated alkanes) is 3. The fraction of sp³-hybridized carbons (Fsp3) is 0.400. The monoisotopic (exact) mass is 453 g/mol. The third-order valence-electron chi connectivity index (χ3n) is 5.33. The highest BCUT2D eigenvalue weighted by atomic mass is 16.5. The second-order valence-corrected chi connectivity index (χ2v) is 7.67. The van der Waals surface area contributed by atoms with Crippen molar-refractivity contribution in [2.45, 2.75) is 38.5 Å². The number of methoxy groups -OCH3 is 2. The van der Waals surface area contributed by atoms with Crippen LogP contribution in [0.2, 0.25) is 0 Å². The van der Waals surface area contributed by atoms with Crippen LogP contribution in [0, 0.1) is 0 Å². The van der Waals surface area contributed by atoms with Crippen LogP contribution in [0.15, 0.2) is 42.7 Å². The van der Waals surface area contributed by atoms with Gasteiger partial charge in [0.25, 0.3) is 0 Å². The Morgan fingerprint density at radius 3 is 2.48 bits per heavy atom. The average molecular weight is 454 g/mol. The highest BCUT2D eigenvalue weighted by Gasteiger charge is 2.12. The number of nitrogens with zero attached hydrogens (tertiary/aromatic N) is 2. The Bertz CT molecular complexity index is 1040. The first-order valence-electron chi connectivity index (χ1n) is 11.1. The first kappa shape index (κ1) is 24.1. The number of fused-ring (bicyclic) bond motifs is 1. The van der Waals surface area contributed by atoms with E-state index in [-0.39, 0.29) is 6.42 Å². The number of hydrogen-bond donors (Lipinski definition) is 2. The van der Waals surface area contributed by atoms with Crippen LogP contribution in [-0.4, -0.2) is 48.4 Å². The first-order chi connectivity index (χ1) is 16.1. The predicted molar refractivity (Wildman–Crippen MR) is 127 cm³/mol. The maximum absolute atomic E-state index is 10.6. The summed E-state index contributed by atoms with van der Waals surface area (Å²) in [5.74, 6) is 2.10. The molecule has 2 aromatic carbocycles. The van der Waals surface area contributed by atoms with Crippen molar-refractivity contribution in [1.82, 2.24) is 9.97 Å². The lowest BCUT2D eigenvalue weighted by Gasteiger charge is -2.14. The van der Waals surface area contributed by atoms with Crippen molar-refractivity contribution >= 4 is 22.7 Å². The van der Waals surface area contributed by atoms with E-state index in [0.717, 1.165) is 54.7 Å². The molecule has 0 saturated carbocycles. The van der Waals surface area contributed by atoms with Gasteiger partial charge >= 0.3 is 5.97 Å². The highest BCUT2D eigenvalue weighted by Crippen LogP contribution is 2.34. The molecular formula is C25H31N3O5. The van der Waals surface area contributed by atoms with Crippen LogP contribution in [-0.2, 0) is 11.2 Å². The number of anilines is 1. The first-order valence-corrected chi connectivity index (χ1v) is 11.1. The van der Waals surface area contributed by atoms with Gasteiger partial charge in [-0.2, -0.15) is 0 Å². The number of carboxylic acid groups (broad SMARTS) is 1. The maximum atomic E-state index is 10.6. The van der Waals surface area contributed by atoms with Gasteiger partial charge in [0, 0.05) is 24.4 Å². The minimum absolute atomic E-state index is 0.216. The molecule has 3 aromatic rings. The van der Waals surface area contributed by atoms with Gasteiger partial charge in [-0.15, -0.1) is 0 Å². The van der Waals surface area contributed by atoms with Crippen molar-refractivity contribution in [3.8, 4) is 17.2 Å². The lowest BCUT2D eigenvalue weighted by Crippen LogP contribution is -2.07. The summed E-state index contributed by atoms with van der Waals surface area (Å²) in [5, 5.41) is 13.0. The summed E-state index contributed by atoms with van der Waals surface area (Å²) < 4.78 is 16.7. The van der Waals surface area contributed by atoms with E-state index in [1.165, 1.54) is 11.9 Å². The number of hydrogen-bond acceptors (Lipinski definition) is 7. The van der Waals surface area contributed by atoms with Crippen molar-refractivity contribution < 1.29 is 24.1 Å². The van der Waals surface area contributed by atoms with Crippen LogP contribution >= 0.6 is 0 Å². The Kier molecular flexibility index (Phi) is 9.11. The zero-order valence-electron chi connectivity index (χ0n) is 19.2. The molecule has 0 spiro atoms. The van der Waals surface area contributed by atoms with E-state index in [9.17, 15) is 4.79 Å². The minimum Gasteiger partial charge on any atom is -0.497 e. The third kappa shape index (κ3) is 7.24. The Balaban J connectivity index is 1.60. The molecule has 1 aromatic heterocycles. The van der Waals surface area contributed by atoms with E-state index in [1.807, 2.05) is 24.3 Å². The van der Waals surface area contributed by atoms with Gasteiger partial charge in [0.1, 0.15) is 17.9 Å². The van der Waals surface area contributed by atoms with Crippen LogP contribution < -0.4 is 19.5 Å². The Morgan fingerprint density at radius 1 is 0.970 bits per heavy atom. The largest absolute Gasteiger partial charge is 0.497 e. The zero-order chi connectivity index (χ0) is 23.5. The van der Waals surface area contributed by atoms with Crippen molar-refractivity contribution in [2.75, 3.05) is 32.7 Å². The summed E-state index contributed by atoms with van der Waals surface area (Å²) >= 11 is 0. The van der Waals surface area contributed by atoms with Gasteiger partial charge in [-0.05, 0) is 43.0 Å². The molecule has 0 fully saturated rings. The van der Waals surface area contributed by atoms with E-state index < -0.39 is 5.97 Å². The fourth-order valence-corrected chi connectivity index (χ4v) is 3.51. The Labute approximate surface area is 193 Å². The van der Waals surface area contributed by atoms with Crippen LogP contribution in [0.1, 0.15) is 37.7 Å². The predicted octanol–water partition coefficient (Wildman–Crippen LogP) is 4.72. The highest BCUT2D eigenvalue weighted by molar-refractivity contribution is 5.91. The van der Waals surface area contributed by atoms with Crippen molar-refractivity contribution in [1.29, 1.82) is 0 Å². The fourth-order valence-electron chi connectivity index (χ4n) is 3.51. The van der Waals surface area contributed by atoms with Crippen molar-refractivity contribution in [2.24, 2.45) is 0 Å². The van der Waals surface area contributed by atoms with Gasteiger partial charge in [-0.25, -0.2) is 9.97 Å². The molecule has 0 aliphatic rings. The molecule has 0 aliphatic heterocycles. The number of rotatable bonds is 14.